The lowest BCUT2D eigenvalue weighted by atomic mass is 10.1. The lowest BCUT2D eigenvalue weighted by Gasteiger charge is -2.14. The number of carbonyl (C=O) groups excluding carboxylic acids is 1. The van der Waals surface area contributed by atoms with Crippen LogP contribution in [-0.2, 0) is 4.79 Å². The number of rotatable bonds is 4. The Labute approximate surface area is 124 Å². The molecule has 108 valence electrons. The van der Waals surface area contributed by atoms with Crippen molar-refractivity contribution in [1.29, 1.82) is 0 Å². The maximum absolute atomic E-state index is 11.8. The van der Waals surface area contributed by atoms with E-state index in [1.165, 1.54) is 0 Å². The number of hydrogen-bond acceptors (Lipinski definition) is 3. The van der Waals surface area contributed by atoms with Crippen molar-refractivity contribution in [1.82, 2.24) is 9.78 Å². The van der Waals surface area contributed by atoms with E-state index in [4.69, 9.17) is 5.73 Å². The molecule has 5 nitrogen and oxygen atoms in total. The molecular weight excluding hydrogens is 276 g/mol. The van der Waals surface area contributed by atoms with Gasteiger partial charge in [-0.2, -0.15) is 5.10 Å². The van der Waals surface area contributed by atoms with Gasteiger partial charge in [0.15, 0.2) is 0 Å². The second kappa shape index (κ2) is 7.07. The minimum Gasteiger partial charge on any atom is -0.322 e. The number of nitrogens with two attached hydrogens (primary N) is 1. The van der Waals surface area contributed by atoms with E-state index in [9.17, 15) is 4.79 Å². The maximum Gasteiger partial charge on any atom is 0.241 e. The second-order valence-electron chi connectivity index (χ2n) is 4.77. The van der Waals surface area contributed by atoms with Crippen LogP contribution in [-0.4, -0.2) is 21.7 Å². The summed E-state index contributed by atoms with van der Waals surface area (Å²) in [7, 11) is 0. The van der Waals surface area contributed by atoms with Gasteiger partial charge in [-0.25, -0.2) is 4.68 Å². The molecule has 0 saturated heterocycles. The Bertz CT molecular complexity index is 553. The molecule has 0 bridgehead atoms. The highest BCUT2D eigenvalue weighted by Gasteiger charge is 2.17. The zero-order chi connectivity index (χ0) is 13.8. The van der Waals surface area contributed by atoms with E-state index in [1.807, 2.05) is 44.2 Å². The largest absolute Gasteiger partial charge is 0.322 e. The van der Waals surface area contributed by atoms with Crippen LogP contribution in [0.2, 0.25) is 0 Å². The normalized spacial score (nSPS) is 11.8. The Morgan fingerprint density at radius 2 is 1.95 bits per heavy atom. The molecule has 0 aliphatic carbocycles. The summed E-state index contributed by atoms with van der Waals surface area (Å²) in [6.45, 7) is 3.83. The molecule has 1 amide bonds. The van der Waals surface area contributed by atoms with Gasteiger partial charge in [-0.15, -0.1) is 12.4 Å². The monoisotopic (exact) mass is 294 g/mol. The zero-order valence-electron chi connectivity index (χ0n) is 11.5. The van der Waals surface area contributed by atoms with Gasteiger partial charge in [0.1, 0.15) is 0 Å². The van der Waals surface area contributed by atoms with Crippen molar-refractivity contribution < 1.29 is 4.79 Å². The van der Waals surface area contributed by atoms with Gasteiger partial charge in [-0.05, 0) is 18.1 Å². The topological polar surface area (TPSA) is 72.9 Å². The van der Waals surface area contributed by atoms with Crippen molar-refractivity contribution in [2.24, 2.45) is 11.7 Å². The van der Waals surface area contributed by atoms with E-state index < -0.39 is 6.04 Å². The number of amides is 1. The van der Waals surface area contributed by atoms with Gasteiger partial charge in [-0.1, -0.05) is 32.0 Å². The van der Waals surface area contributed by atoms with Gasteiger partial charge in [0, 0.05) is 0 Å². The molecule has 0 aliphatic heterocycles. The van der Waals surface area contributed by atoms with Crippen LogP contribution >= 0.6 is 12.4 Å². The Balaban J connectivity index is 0.00000200. The summed E-state index contributed by atoms with van der Waals surface area (Å²) in [5.74, 6) is -0.0909. The molecule has 2 rings (SSSR count). The summed E-state index contributed by atoms with van der Waals surface area (Å²) < 4.78 is 1.70. The third kappa shape index (κ3) is 3.82. The molecule has 0 fully saturated rings. The lowest BCUT2D eigenvalue weighted by molar-refractivity contribution is -0.118. The maximum atomic E-state index is 11.8. The molecule has 0 saturated carbocycles. The number of nitrogens with one attached hydrogen (secondary N) is 1. The Hall–Kier alpha value is -1.85. The van der Waals surface area contributed by atoms with Crippen molar-refractivity contribution in [3.63, 3.8) is 0 Å². The molecule has 1 aromatic heterocycles. The third-order valence-corrected chi connectivity index (χ3v) is 2.89. The molecule has 0 aliphatic rings. The quantitative estimate of drug-likeness (QED) is 0.908. The van der Waals surface area contributed by atoms with E-state index in [2.05, 4.69) is 10.4 Å². The number of aromatic nitrogens is 2. The average molecular weight is 295 g/mol. The summed E-state index contributed by atoms with van der Waals surface area (Å²) in [5.41, 5.74) is 7.37. The summed E-state index contributed by atoms with van der Waals surface area (Å²) >= 11 is 0. The molecular formula is C14H19ClN4O. The molecule has 1 aromatic carbocycles. The first-order chi connectivity index (χ1) is 9.08. The van der Waals surface area contributed by atoms with Gasteiger partial charge in [0.05, 0.1) is 29.8 Å². The number of carbonyl (C=O) groups is 1. The SMILES string of the molecule is CC(C)[C@H](N)C(=O)Nc1cnn(-c2ccccc2)c1.Cl. The predicted octanol–water partition coefficient (Wildman–Crippen LogP) is 2.22. The van der Waals surface area contributed by atoms with E-state index >= 15 is 0 Å². The van der Waals surface area contributed by atoms with Crippen LogP contribution < -0.4 is 11.1 Å². The number of hydrogen-bond donors (Lipinski definition) is 2. The van der Waals surface area contributed by atoms with Crippen LogP contribution in [0.15, 0.2) is 42.7 Å². The molecule has 3 N–H and O–H groups in total. The van der Waals surface area contributed by atoms with Crippen molar-refractivity contribution in [2.75, 3.05) is 5.32 Å². The van der Waals surface area contributed by atoms with E-state index in [-0.39, 0.29) is 24.2 Å². The molecule has 0 radical (unpaired) electrons. The first-order valence-corrected chi connectivity index (χ1v) is 6.24. The molecule has 6 heteroatoms. The van der Waals surface area contributed by atoms with Gasteiger partial charge in [0.25, 0.3) is 0 Å². The van der Waals surface area contributed by atoms with Crippen molar-refractivity contribution >= 4 is 24.0 Å². The highest BCUT2D eigenvalue weighted by atomic mass is 35.5. The number of para-hydroxylation sites is 1. The number of nitrogens with zero attached hydrogens (tertiary/aromatic N) is 2. The summed E-state index contributed by atoms with van der Waals surface area (Å²) in [5, 5.41) is 6.97. The molecule has 1 atom stereocenters. The summed E-state index contributed by atoms with van der Waals surface area (Å²) in [4.78, 5) is 11.8. The predicted molar refractivity (Wildman–Crippen MR) is 82.3 cm³/mol. The molecule has 0 unspecified atom stereocenters. The fraction of sp³-hybridized carbons (Fsp3) is 0.286. The van der Waals surface area contributed by atoms with Gasteiger partial charge in [-0.3, -0.25) is 4.79 Å². The zero-order valence-corrected chi connectivity index (χ0v) is 12.3. The number of anilines is 1. The number of halogens is 1. The van der Waals surface area contributed by atoms with Crippen molar-refractivity contribution in [2.45, 2.75) is 19.9 Å². The Morgan fingerprint density at radius 1 is 1.30 bits per heavy atom. The Kier molecular flexibility index (Phi) is 5.73. The fourth-order valence-corrected chi connectivity index (χ4v) is 1.64. The van der Waals surface area contributed by atoms with Crippen LogP contribution in [0.25, 0.3) is 5.69 Å². The van der Waals surface area contributed by atoms with Crippen LogP contribution in [0, 0.1) is 5.92 Å². The van der Waals surface area contributed by atoms with Crippen molar-refractivity contribution in [3.05, 3.63) is 42.7 Å². The van der Waals surface area contributed by atoms with E-state index in [0.717, 1.165) is 5.69 Å². The standard InChI is InChI=1S/C14H18N4O.ClH/c1-10(2)13(15)14(19)17-11-8-16-18(9-11)12-6-4-3-5-7-12;/h3-10,13H,15H2,1-2H3,(H,17,19);1H/t13-;/m0./s1. The number of benzene rings is 1. The van der Waals surface area contributed by atoms with Gasteiger partial charge in [0.2, 0.25) is 5.91 Å². The first-order valence-electron chi connectivity index (χ1n) is 6.24. The highest BCUT2D eigenvalue weighted by molar-refractivity contribution is 5.94. The second-order valence-corrected chi connectivity index (χ2v) is 4.77. The van der Waals surface area contributed by atoms with Crippen LogP contribution in [0.5, 0.6) is 0 Å². The lowest BCUT2D eigenvalue weighted by Crippen LogP contribution is -2.39. The van der Waals surface area contributed by atoms with Gasteiger partial charge < -0.3 is 11.1 Å². The summed E-state index contributed by atoms with van der Waals surface area (Å²) in [6, 6.07) is 9.18. The van der Waals surface area contributed by atoms with Crippen LogP contribution in [0.3, 0.4) is 0 Å². The third-order valence-electron chi connectivity index (χ3n) is 2.89. The smallest absolute Gasteiger partial charge is 0.241 e. The van der Waals surface area contributed by atoms with Crippen LogP contribution in [0.1, 0.15) is 13.8 Å². The average Bonchev–Trinajstić information content (AvgIpc) is 2.87. The molecule has 2 aromatic rings. The van der Waals surface area contributed by atoms with Gasteiger partial charge >= 0.3 is 0 Å². The van der Waals surface area contributed by atoms with Crippen molar-refractivity contribution in [3.8, 4) is 5.69 Å². The minimum absolute atomic E-state index is 0. The molecule has 0 spiro atoms. The first kappa shape index (κ1) is 16.2. The fourth-order valence-electron chi connectivity index (χ4n) is 1.64. The van der Waals surface area contributed by atoms with E-state index in [1.54, 1.807) is 17.1 Å². The molecule has 1 heterocycles. The highest BCUT2D eigenvalue weighted by Crippen LogP contribution is 2.12. The Morgan fingerprint density at radius 3 is 2.55 bits per heavy atom. The summed E-state index contributed by atoms with van der Waals surface area (Å²) in [6.07, 6.45) is 3.37. The van der Waals surface area contributed by atoms with E-state index in [0.29, 0.717) is 5.69 Å². The van der Waals surface area contributed by atoms with Crippen LogP contribution in [0.4, 0.5) is 5.69 Å². The minimum atomic E-state index is -0.514. The molecule has 20 heavy (non-hydrogen) atoms.